The van der Waals surface area contributed by atoms with E-state index in [2.05, 4.69) is 0 Å². The largest absolute Gasteiger partial charge is 0.493 e. The first kappa shape index (κ1) is 18.3. The summed E-state index contributed by atoms with van der Waals surface area (Å²) in [5.41, 5.74) is 9.71. The number of carbonyl (C=O) groups excluding carboxylic acids is 2. The number of thiophene rings is 1. The van der Waals surface area contributed by atoms with Crippen molar-refractivity contribution >= 4 is 28.8 Å². The fraction of sp³-hybridized carbons (Fsp3) is 0.182. The number of amides is 2. The molecule has 2 aromatic carbocycles. The summed E-state index contributed by atoms with van der Waals surface area (Å²) in [6.45, 7) is 2.48. The van der Waals surface area contributed by atoms with Gasteiger partial charge in [0, 0.05) is 35.2 Å². The number of ether oxygens (including phenoxy) is 1. The fourth-order valence-electron chi connectivity index (χ4n) is 3.42. The second-order valence-electron chi connectivity index (χ2n) is 6.79. The Morgan fingerprint density at radius 2 is 1.93 bits per heavy atom. The van der Waals surface area contributed by atoms with Crippen LogP contribution < -0.4 is 15.4 Å². The lowest BCUT2D eigenvalue weighted by molar-refractivity contribution is 0.0990. The number of rotatable bonds is 3. The summed E-state index contributed by atoms with van der Waals surface area (Å²) in [4.78, 5) is 27.9. The third-order valence-electron chi connectivity index (χ3n) is 4.94. The normalized spacial score (nSPS) is 12.4. The summed E-state index contributed by atoms with van der Waals surface area (Å²) >= 11 is 1.46. The van der Waals surface area contributed by atoms with Gasteiger partial charge in [-0.1, -0.05) is 18.2 Å². The number of aryl methyl sites for hydroxylation is 1. The molecule has 1 aliphatic rings. The Balaban J connectivity index is 1.72. The molecule has 0 unspecified atom stereocenters. The van der Waals surface area contributed by atoms with Crippen LogP contribution in [0.3, 0.4) is 0 Å². The van der Waals surface area contributed by atoms with Crippen LogP contribution in [-0.2, 0) is 6.42 Å². The van der Waals surface area contributed by atoms with Gasteiger partial charge in [0.15, 0.2) is 0 Å². The SMILES string of the molecule is Cc1ccccc1N(C)C(=O)c1cc2c(s1)-c1ccc(C(N)=O)cc1OCC2. The van der Waals surface area contributed by atoms with Gasteiger partial charge in [0.25, 0.3) is 5.91 Å². The summed E-state index contributed by atoms with van der Waals surface area (Å²) < 4.78 is 5.82. The van der Waals surface area contributed by atoms with Crippen molar-refractivity contribution in [2.24, 2.45) is 5.73 Å². The van der Waals surface area contributed by atoms with E-state index >= 15 is 0 Å². The van der Waals surface area contributed by atoms with E-state index in [4.69, 9.17) is 10.5 Å². The predicted octanol–water partition coefficient (Wildman–Crippen LogP) is 4.03. The molecule has 0 saturated heterocycles. The van der Waals surface area contributed by atoms with Gasteiger partial charge in [-0.05, 0) is 48.4 Å². The highest BCUT2D eigenvalue weighted by atomic mass is 32.1. The van der Waals surface area contributed by atoms with E-state index in [1.54, 1.807) is 24.1 Å². The van der Waals surface area contributed by atoms with Gasteiger partial charge >= 0.3 is 0 Å². The molecule has 5 nitrogen and oxygen atoms in total. The molecule has 0 radical (unpaired) electrons. The molecule has 0 fully saturated rings. The van der Waals surface area contributed by atoms with Gasteiger partial charge in [-0.2, -0.15) is 0 Å². The highest BCUT2D eigenvalue weighted by Gasteiger charge is 2.24. The number of nitrogens with zero attached hydrogens (tertiary/aromatic N) is 1. The van der Waals surface area contributed by atoms with Crippen LogP contribution in [0.2, 0.25) is 0 Å². The van der Waals surface area contributed by atoms with Gasteiger partial charge < -0.3 is 15.4 Å². The number of para-hydroxylation sites is 1. The van der Waals surface area contributed by atoms with Crippen LogP contribution in [0.1, 0.15) is 31.2 Å². The Bertz CT molecular complexity index is 1090. The molecule has 0 spiro atoms. The molecule has 0 bridgehead atoms. The number of nitrogens with two attached hydrogens (primary N) is 1. The summed E-state index contributed by atoms with van der Waals surface area (Å²) in [6, 6.07) is 15.0. The Hall–Kier alpha value is -3.12. The number of primary amides is 1. The van der Waals surface area contributed by atoms with Crippen molar-refractivity contribution in [1.82, 2.24) is 0 Å². The zero-order chi connectivity index (χ0) is 19.8. The molecule has 2 amide bonds. The molecule has 6 heteroatoms. The molecular formula is C22H20N2O3S. The first-order chi connectivity index (χ1) is 13.5. The van der Waals surface area contributed by atoms with Gasteiger partial charge in [0.05, 0.1) is 11.5 Å². The van der Waals surface area contributed by atoms with Crippen molar-refractivity contribution in [3.63, 3.8) is 0 Å². The second-order valence-corrected chi connectivity index (χ2v) is 7.84. The molecule has 142 valence electrons. The van der Waals surface area contributed by atoms with E-state index in [9.17, 15) is 9.59 Å². The average molecular weight is 392 g/mol. The van der Waals surface area contributed by atoms with Crippen LogP contribution in [0.4, 0.5) is 5.69 Å². The Morgan fingerprint density at radius 1 is 1.14 bits per heavy atom. The second kappa shape index (κ2) is 7.13. The van der Waals surface area contributed by atoms with Crippen molar-refractivity contribution < 1.29 is 14.3 Å². The van der Waals surface area contributed by atoms with Crippen molar-refractivity contribution in [3.05, 3.63) is 70.1 Å². The van der Waals surface area contributed by atoms with Gasteiger partial charge in [0.2, 0.25) is 5.91 Å². The van der Waals surface area contributed by atoms with Crippen molar-refractivity contribution in [2.45, 2.75) is 13.3 Å². The van der Waals surface area contributed by atoms with Crippen molar-refractivity contribution in [2.75, 3.05) is 18.6 Å². The standard InChI is InChI=1S/C22H20N2O3S/c1-13-5-3-4-6-17(13)24(2)22(26)19-12-14-9-10-27-18-11-15(21(23)25)7-8-16(18)20(14)28-19/h3-8,11-12H,9-10H2,1-2H3,(H2,23,25). The van der Waals surface area contributed by atoms with Crippen LogP contribution in [0, 0.1) is 6.92 Å². The van der Waals surface area contributed by atoms with Gasteiger partial charge in [0.1, 0.15) is 5.75 Å². The number of carbonyl (C=O) groups is 2. The molecule has 0 saturated carbocycles. The number of hydrogen-bond acceptors (Lipinski definition) is 4. The number of anilines is 1. The average Bonchev–Trinajstić information content (AvgIpc) is 3.03. The minimum absolute atomic E-state index is 0.0383. The van der Waals surface area contributed by atoms with Gasteiger partial charge in [-0.25, -0.2) is 0 Å². The van der Waals surface area contributed by atoms with E-state index < -0.39 is 5.91 Å². The third-order valence-corrected chi connectivity index (χ3v) is 6.14. The summed E-state index contributed by atoms with van der Waals surface area (Å²) in [6.07, 6.45) is 0.702. The third kappa shape index (κ3) is 3.16. The van der Waals surface area contributed by atoms with Crippen molar-refractivity contribution in [1.29, 1.82) is 0 Å². The smallest absolute Gasteiger partial charge is 0.268 e. The lowest BCUT2D eigenvalue weighted by atomic mass is 10.1. The van der Waals surface area contributed by atoms with E-state index in [1.807, 2.05) is 43.3 Å². The first-order valence-electron chi connectivity index (χ1n) is 8.99. The number of hydrogen-bond donors (Lipinski definition) is 1. The van der Waals surface area contributed by atoms with E-state index in [0.29, 0.717) is 29.2 Å². The maximum atomic E-state index is 13.1. The van der Waals surface area contributed by atoms with E-state index in [-0.39, 0.29) is 5.91 Å². The van der Waals surface area contributed by atoms with Crippen LogP contribution in [0.15, 0.2) is 48.5 Å². The molecule has 4 rings (SSSR count). The Kier molecular flexibility index (Phi) is 4.65. The quantitative estimate of drug-likeness (QED) is 0.731. The first-order valence-corrected chi connectivity index (χ1v) is 9.81. The van der Waals surface area contributed by atoms with Crippen LogP contribution in [0.25, 0.3) is 10.4 Å². The summed E-state index contributed by atoms with van der Waals surface area (Å²) in [5.74, 6) is 0.101. The topological polar surface area (TPSA) is 72.6 Å². The summed E-state index contributed by atoms with van der Waals surface area (Å²) in [5, 5.41) is 0. The maximum absolute atomic E-state index is 13.1. The highest BCUT2D eigenvalue weighted by Crippen LogP contribution is 2.41. The highest BCUT2D eigenvalue weighted by molar-refractivity contribution is 7.17. The molecular weight excluding hydrogens is 372 g/mol. The Morgan fingerprint density at radius 3 is 2.68 bits per heavy atom. The minimum atomic E-state index is -0.488. The van der Waals surface area contributed by atoms with Crippen LogP contribution in [0.5, 0.6) is 5.75 Å². The molecule has 1 aromatic heterocycles. The molecule has 1 aliphatic heterocycles. The molecule has 2 N–H and O–H groups in total. The lowest BCUT2D eigenvalue weighted by Crippen LogP contribution is -2.26. The zero-order valence-corrected chi connectivity index (χ0v) is 16.5. The minimum Gasteiger partial charge on any atom is -0.493 e. The summed E-state index contributed by atoms with van der Waals surface area (Å²) in [7, 11) is 1.80. The van der Waals surface area contributed by atoms with Crippen molar-refractivity contribution in [3.8, 4) is 16.2 Å². The van der Waals surface area contributed by atoms with E-state index in [1.165, 1.54) is 11.3 Å². The lowest BCUT2D eigenvalue weighted by Gasteiger charge is -2.18. The molecule has 2 heterocycles. The van der Waals surface area contributed by atoms with Gasteiger partial charge in [-0.15, -0.1) is 11.3 Å². The molecule has 0 aliphatic carbocycles. The number of fused-ring (bicyclic) bond motifs is 3. The van der Waals surface area contributed by atoms with Gasteiger partial charge in [-0.3, -0.25) is 9.59 Å². The fourth-order valence-corrected chi connectivity index (χ4v) is 4.63. The Labute approximate surface area is 167 Å². The van der Waals surface area contributed by atoms with Crippen LogP contribution in [-0.4, -0.2) is 25.5 Å². The molecule has 0 atom stereocenters. The predicted molar refractivity (Wildman–Crippen MR) is 111 cm³/mol. The van der Waals surface area contributed by atoms with Crippen LogP contribution >= 0.6 is 11.3 Å². The molecule has 3 aromatic rings. The van der Waals surface area contributed by atoms with E-state index in [0.717, 1.165) is 27.3 Å². The maximum Gasteiger partial charge on any atom is 0.268 e. The zero-order valence-electron chi connectivity index (χ0n) is 15.7. The number of benzene rings is 2. The monoisotopic (exact) mass is 392 g/mol. The molecule has 28 heavy (non-hydrogen) atoms.